The zero-order valence-electron chi connectivity index (χ0n) is 66.1. The van der Waals surface area contributed by atoms with Gasteiger partial charge in [0.05, 0.1) is 0 Å². The lowest BCUT2D eigenvalue weighted by atomic mass is 10.0. The molecule has 563 valence electrons. The van der Waals surface area contributed by atoms with E-state index in [9.17, 15) is 0 Å². The third-order valence-electron chi connectivity index (χ3n) is 21.6. The normalized spacial score (nSPS) is 11.8. The summed E-state index contributed by atoms with van der Waals surface area (Å²) in [6, 6.07) is 5.10. The van der Waals surface area contributed by atoms with Crippen molar-refractivity contribution in [2.75, 3.05) is 17.3 Å². The molecule has 0 fully saturated rings. The van der Waals surface area contributed by atoms with E-state index in [0.29, 0.717) is 0 Å². The summed E-state index contributed by atoms with van der Waals surface area (Å²) in [5, 5.41) is 0. The molecule has 1 aromatic carbocycles. The second-order valence-electron chi connectivity index (χ2n) is 31.2. The Morgan fingerprint density at radius 3 is 0.442 bits per heavy atom. The highest BCUT2D eigenvalue weighted by Crippen LogP contribution is 2.41. The van der Waals surface area contributed by atoms with Crippen LogP contribution < -0.4 is 0 Å². The maximum absolute atomic E-state index is 4.41. The van der Waals surface area contributed by atoms with Gasteiger partial charge in [-0.2, -0.15) is 0 Å². The van der Waals surface area contributed by atoms with Crippen LogP contribution in [0.4, 0.5) is 0 Å². The van der Waals surface area contributed by atoms with Crippen LogP contribution in [-0.2, 0) is 6.42 Å². The minimum absolute atomic E-state index is 0.907. The Balaban J connectivity index is 2.29. The summed E-state index contributed by atoms with van der Waals surface area (Å²) in [7, 11) is 0. The zero-order valence-corrected chi connectivity index (χ0v) is 68.5. The van der Waals surface area contributed by atoms with Gasteiger partial charge in [0.15, 0.2) is 0 Å². The maximum atomic E-state index is 4.41. The van der Waals surface area contributed by atoms with Gasteiger partial charge in [-0.05, 0) is 67.6 Å². The summed E-state index contributed by atoms with van der Waals surface area (Å²) in [5.74, 6) is 3.83. The lowest BCUT2D eigenvalue weighted by molar-refractivity contribution is 0.516. The topological polar surface area (TPSA) is 0 Å². The first-order valence-corrected chi connectivity index (χ1v) is 48.1. The van der Waals surface area contributed by atoms with Crippen molar-refractivity contribution in [3.63, 3.8) is 0 Å². The fourth-order valence-corrected chi connectivity index (χ4v) is 18.7. The monoisotopic (exact) mass is 1380 g/mol. The molecule has 0 aromatic heterocycles. The van der Waals surface area contributed by atoms with Crippen molar-refractivity contribution in [1.82, 2.24) is 0 Å². The third kappa shape index (κ3) is 72.4. The summed E-state index contributed by atoms with van der Waals surface area (Å²) < 4.78 is 0. The molecule has 1 rings (SSSR count). The second-order valence-corrected chi connectivity index (χ2v) is 34.6. The van der Waals surface area contributed by atoms with Gasteiger partial charge in [-0.3, -0.25) is 0 Å². The van der Waals surface area contributed by atoms with Crippen molar-refractivity contribution in [3.05, 3.63) is 24.6 Å². The summed E-state index contributed by atoms with van der Waals surface area (Å²) in [6.45, 7) is 11.4. The molecule has 3 heteroatoms. The van der Waals surface area contributed by atoms with Gasteiger partial charge >= 0.3 is 0 Å². The van der Waals surface area contributed by atoms with Crippen molar-refractivity contribution >= 4 is 35.3 Å². The Bertz CT molecular complexity index is 1460. The Morgan fingerprint density at radius 1 is 0.179 bits per heavy atom. The van der Waals surface area contributed by atoms with Crippen LogP contribution in [0.3, 0.4) is 0 Å². The minimum Gasteiger partial charge on any atom is -0.125 e. The average molecular weight is 1380 g/mol. The van der Waals surface area contributed by atoms with Crippen LogP contribution in [0.25, 0.3) is 0 Å². The third-order valence-corrected chi connectivity index (χ3v) is 25.4. The van der Waals surface area contributed by atoms with Gasteiger partial charge in [0.2, 0.25) is 0 Å². The molecule has 0 aliphatic carbocycles. The van der Waals surface area contributed by atoms with Gasteiger partial charge in [0, 0.05) is 14.7 Å². The van der Waals surface area contributed by atoms with Crippen LogP contribution in [0.2, 0.25) is 0 Å². The first-order chi connectivity index (χ1) is 47.3. The van der Waals surface area contributed by atoms with E-state index in [4.69, 9.17) is 0 Å². The molecule has 0 aliphatic heterocycles. The lowest BCUT2D eigenvalue weighted by Gasteiger charge is -2.16. The van der Waals surface area contributed by atoms with E-state index >= 15 is 0 Å². The van der Waals surface area contributed by atoms with Crippen LogP contribution in [0.5, 0.6) is 0 Å². The predicted molar refractivity (Wildman–Crippen MR) is 445 cm³/mol. The first-order valence-electron chi connectivity index (χ1n) is 45.1. The Kier molecular flexibility index (Phi) is 81.7. The molecule has 0 N–H and O–H groups in total. The van der Waals surface area contributed by atoms with E-state index in [-0.39, 0.29) is 0 Å². The zero-order chi connectivity index (χ0) is 67.8. The molecule has 0 amide bonds. The fourth-order valence-electron chi connectivity index (χ4n) is 14.9. The highest BCUT2D eigenvalue weighted by Gasteiger charge is 2.14. The van der Waals surface area contributed by atoms with Crippen molar-refractivity contribution in [2.45, 2.75) is 543 Å². The predicted octanol–water partition coefficient (Wildman–Crippen LogP) is 35.8. The number of rotatable bonds is 85. The van der Waals surface area contributed by atoms with E-state index < -0.39 is 0 Å². The van der Waals surface area contributed by atoms with Crippen LogP contribution in [0.1, 0.15) is 527 Å². The maximum Gasteiger partial charge on any atom is 0.0344 e. The van der Waals surface area contributed by atoms with E-state index in [1.54, 1.807) is 14.7 Å². The molecule has 95 heavy (non-hydrogen) atoms. The molecule has 0 heterocycles. The van der Waals surface area contributed by atoms with Gasteiger partial charge in [-0.25, -0.2) is 0 Å². The van der Waals surface area contributed by atoms with Crippen molar-refractivity contribution in [3.8, 4) is 0 Å². The number of hydrogen-bond acceptors (Lipinski definition) is 3. The van der Waals surface area contributed by atoms with E-state index in [0.717, 1.165) is 6.42 Å². The molecule has 0 nitrogen and oxygen atoms in total. The molecule has 0 unspecified atom stereocenters. The van der Waals surface area contributed by atoms with Crippen molar-refractivity contribution < 1.29 is 0 Å². The number of benzene rings is 1. The fraction of sp³-hybridized carbons (Fsp3) is 0.924. The molecular weight excluding hydrogens is 1200 g/mol. The smallest absolute Gasteiger partial charge is 0.0344 e. The van der Waals surface area contributed by atoms with Crippen LogP contribution in [0, 0.1) is 6.92 Å². The van der Waals surface area contributed by atoms with Crippen LogP contribution >= 0.6 is 35.3 Å². The average Bonchev–Trinajstić information content (AvgIpc) is 0.908. The standard InChI is InChI=1S/C92H177S3/c1-5-9-12-15-18-21-24-27-30-33-36-39-42-45-48-51-54-57-60-63-66-69-72-75-78-81-84-93-90-87-89(8-4)88-91(94-85-82-79-76-73-70-67-64-61-58-55-52-49-46-43-40-37-34-31-28-25-22-19-16-13-10-6-2)92(90)95-86-83-80-77-74-71-68-65-62-59-56-53-50-47-44-41-38-35-32-29-26-23-20-17-14-11-7-3/h87-88H,4-86H2,1-3H3. The van der Waals surface area contributed by atoms with E-state index in [1.807, 2.05) is 0 Å². The molecule has 1 aromatic rings. The second kappa shape index (κ2) is 83.2. The Hall–Kier alpha value is 0.270. The molecule has 0 saturated heterocycles. The number of hydrogen-bond donors (Lipinski definition) is 0. The summed E-state index contributed by atoms with van der Waals surface area (Å²) in [4.78, 5) is 4.79. The van der Waals surface area contributed by atoms with Gasteiger partial charge in [0.25, 0.3) is 0 Å². The SMILES string of the molecule is [CH2]Cc1cc(SCCCCCCCCCCCCCCCCCCCCCCCCCCCC)c(SCCCCCCCCCCCCCCCCCCCCCCCCCCCC)c(SCCCCCCCCCCCCCCCCCCCCCCCCCCCC)c1. The lowest BCUT2D eigenvalue weighted by Crippen LogP contribution is -1.94. The Labute approximate surface area is 615 Å². The van der Waals surface area contributed by atoms with Gasteiger partial charge in [-0.15, -0.1) is 35.3 Å². The highest BCUT2D eigenvalue weighted by molar-refractivity contribution is 8.03. The summed E-state index contributed by atoms with van der Waals surface area (Å²) in [5.41, 5.74) is 1.45. The van der Waals surface area contributed by atoms with Gasteiger partial charge < -0.3 is 0 Å². The highest BCUT2D eigenvalue weighted by atomic mass is 32.2. The number of unbranched alkanes of at least 4 members (excludes halogenated alkanes) is 75. The summed E-state index contributed by atoms with van der Waals surface area (Å²) in [6.07, 6.45) is 115. The molecule has 0 bridgehead atoms. The van der Waals surface area contributed by atoms with Gasteiger partial charge in [0.1, 0.15) is 0 Å². The summed E-state index contributed by atoms with van der Waals surface area (Å²) >= 11 is 6.58. The van der Waals surface area contributed by atoms with E-state index in [2.05, 4.69) is 75.1 Å². The van der Waals surface area contributed by atoms with Crippen LogP contribution in [-0.4, -0.2) is 17.3 Å². The van der Waals surface area contributed by atoms with E-state index in [1.165, 1.54) is 524 Å². The van der Waals surface area contributed by atoms with Crippen LogP contribution in [0.15, 0.2) is 26.8 Å². The van der Waals surface area contributed by atoms with Crippen molar-refractivity contribution in [1.29, 1.82) is 0 Å². The molecule has 0 spiro atoms. The van der Waals surface area contributed by atoms with Gasteiger partial charge in [-0.1, -0.05) is 502 Å². The molecule has 0 saturated carbocycles. The largest absolute Gasteiger partial charge is 0.125 e. The first kappa shape index (κ1) is 93.3. The quantitative estimate of drug-likeness (QED) is 0.0471. The number of thioether (sulfide) groups is 3. The molecule has 0 atom stereocenters. The Morgan fingerprint density at radius 2 is 0.305 bits per heavy atom. The molecule has 0 aliphatic rings. The van der Waals surface area contributed by atoms with Crippen molar-refractivity contribution in [2.24, 2.45) is 0 Å². The molecular formula is C92H177S3. The minimum atomic E-state index is 0.907. The molecule has 1 radical (unpaired) electrons.